The van der Waals surface area contributed by atoms with E-state index in [4.69, 9.17) is 0 Å². The van der Waals surface area contributed by atoms with Crippen LogP contribution in [0.25, 0.3) is 0 Å². The molecule has 2 amide bonds. The topological polar surface area (TPSA) is 43.9 Å². The normalized spacial score (nSPS) is 13.7. The van der Waals surface area contributed by atoms with Gasteiger partial charge < -0.3 is 14.7 Å². The van der Waals surface area contributed by atoms with Gasteiger partial charge in [0.15, 0.2) is 0 Å². The minimum atomic E-state index is 0.0305. The molecule has 1 heterocycles. The van der Waals surface area contributed by atoms with Crippen molar-refractivity contribution in [1.29, 1.82) is 0 Å². The highest BCUT2D eigenvalue weighted by Gasteiger charge is 2.20. The second-order valence-corrected chi connectivity index (χ2v) is 7.50. The second kappa shape index (κ2) is 8.91. The summed E-state index contributed by atoms with van der Waals surface area (Å²) in [5.74, 6) is 0.251. The van der Waals surface area contributed by atoms with Gasteiger partial charge in [-0.1, -0.05) is 24.3 Å². The minimum absolute atomic E-state index is 0.0305. The minimum Gasteiger partial charge on any atom is -0.378 e. The zero-order chi connectivity index (χ0) is 20.1. The molecule has 2 aromatic rings. The van der Waals surface area contributed by atoms with Crippen LogP contribution in [0.4, 0.5) is 5.69 Å². The molecule has 0 spiro atoms. The molecule has 0 atom stereocenters. The molecule has 0 aromatic heterocycles. The van der Waals surface area contributed by atoms with Gasteiger partial charge in [0.25, 0.3) is 5.91 Å². The Morgan fingerprint density at radius 3 is 2.18 bits per heavy atom. The van der Waals surface area contributed by atoms with Crippen LogP contribution in [0.15, 0.2) is 48.5 Å². The van der Waals surface area contributed by atoms with Crippen LogP contribution in [0.1, 0.15) is 41.3 Å². The lowest BCUT2D eigenvalue weighted by atomic mass is 10.1. The van der Waals surface area contributed by atoms with Crippen molar-refractivity contribution in [2.45, 2.75) is 32.9 Å². The molecule has 1 aliphatic rings. The lowest BCUT2D eigenvalue weighted by molar-refractivity contribution is -0.128. The van der Waals surface area contributed by atoms with E-state index in [1.165, 1.54) is 0 Å². The molecule has 0 saturated carbocycles. The molecule has 0 bridgehead atoms. The van der Waals surface area contributed by atoms with Gasteiger partial charge in [-0.15, -0.1) is 0 Å². The summed E-state index contributed by atoms with van der Waals surface area (Å²) in [6.45, 7) is 4.70. The number of carbonyl (C=O) groups excluding carboxylic acids is 2. The average molecular weight is 380 g/mol. The zero-order valence-corrected chi connectivity index (χ0v) is 17.0. The van der Waals surface area contributed by atoms with Crippen LogP contribution >= 0.6 is 0 Å². The molecule has 1 aliphatic heterocycles. The Morgan fingerprint density at radius 1 is 1.00 bits per heavy atom. The summed E-state index contributed by atoms with van der Waals surface area (Å²) in [5, 5.41) is 0. The predicted octanol–water partition coefficient (Wildman–Crippen LogP) is 3.54. The van der Waals surface area contributed by atoms with Crippen LogP contribution < -0.4 is 4.90 Å². The quantitative estimate of drug-likeness (QED) is 0.739. The number of anilines is 1. The zero-order valence-electron chi connectivity index (χ0n) is 17.0. The monoisotopic (exact) mass is 379 g/mol. The van der Waals surface area contributed by atoms with Gasteiger partial charge in [0, 0.05) is 57.9 Å². The second-order valence-electron chi connectivity index (χ2n) is 7.50. The Bertz CT molecular complexity index is 813. The van der Waals surface area contributed by atoms with E-state index >= 15 is 0 Å². The number of nitrogens with zero attached hydrogens (tertiary/aromatic N) is 3. The van der Waals surface area contributed by atoms with Crippen molar-refractivity contribution in [1.82, 2.24) is 9.80 Å². The molecule has 0 unspecified atom stereocenters. The van der Waals surface area contributed by atoms with Gasteiger partial charge in [0.1, 0.15) is 0 Å². The van der Waals surface area contributed by atoms with Crippen molar-refractivity contribution < 1.29 is 9.59 Å². The highest BCUT2D eigenvalue weighted by molar-refractivity contribution is 5.94. The Balaban J connectivity index is 1.64. The fourth-order valence-electron chi connectivity index (χ4n) is 3.47. The fourth-order valence-corrected chi connectivity index (χ4v) is 3.47. The summed E-state index contributed by atoms with van der Waals surface area (Å²) < 4.78 is 0. The van der Waals surface area contributed by atoms with Crippen LogP contribution in [0.2, 0.25) is 0 Å². The number of rotatable bonds is 7. The molecule has 2 aromatic carbocycles. The molecular formula is C23H29N3O2. The lowest BCUT2D eigenvalue weighted by Gasteiger charge is -2.22. The first-order valence-corrected chi connectivity index (χ1v) is 9.90. The lowest BCUT2D eigenvalue weighted by Crippen LogP contribution is -2.30. The Hall–Kier alpha value is -2.82. The number of hydrogen-bond donors (Lipinski definition) is 0. The highest BCUT2D eigenvalue weighted by atomic mass is 16.2. The van der Waals surface area contributed by atoms with Crippen LogP contribution in [0.3, 0.4) is 0 Å². The van der Waals surface area contributed by atoms with Crippen molar-refractivity contribution in [3.8, 4) is 0 Å². The van der Waals surface area contributed by atoms with Gasteiger partial charge in [0.05, 0.1) is 0 Å². The van der Waals surface area contributed by atoms with Crippen molar-refractivity contribution >= 4 is 17.5 Å². The number of benzene rings is 2. The molecule has 1 fully saturated rings. The highest BCUT2D eigenvalue weighted by Crippen LogP contribution is 2.17. The van der Waals surface area contributed by atoms with Gasteiger partial charge in [-0.05, 0) is 48.7 Å². The molecule has 5 heteroatoms. The third-order valence-corrected chi connectivity index (χ3v) is 5.24. The molecular weight excluding hydrogens is 350 g/mol. The standard InChI is InChI=1S/C23H29N3O2/c1-4-25(16-19-9-13-21(14-10-19)24(2)3)23(28)20-11-7-18(8-12-20)17-26-15-5-6-22(26)27/h7-14H,4-6,15-17H2,1-3H3. The summed E-state index contributed by atoms with van der Waals surface area (Å²) in [5.41, 5.74) is 4.01. The number of hydrogen-bond acceptors (Lipinski definition) is 3. The molecule has 0 radical (unpaired) electrons. The van der Waals surface area contributed by atoms with E-state index in [2.05, 4.69) is 29.2 Å². The van der Waals surface area contributed by atoms with Gasteiger partial charge in [-0.2, -0.15) is 0 Å². The van der Waals surface area contributed by atoms with Gasteiger partial charge in [-0.3, -0.25) is 9.59 Å². The van der Waals surface area contributed by atoms with E-state index in [-0.39, 0.29) is 11.8 Å². The number of amides is 2. The average Bonchev–Trinajstić information content (AvgIpc) is 3.11. The fraction of sp³-hybridized carbons (Fsp3) is 0.391. The maximum atomic E-state index is 12.9. The summed E-state index contributed by atoms with van der Waals surface area (Å²) in [6, 6.07) is 15.9. The van der Waals surface area contributed by atoms with Crippen molar-refractivity contribution in [2.24, 2.45) is 0 Å². The van der Waals surface area contributed by atoms with E-state index in [1.54, 1.807) is 0 Å². The summed E-state index contributed by atoms with van der Waals surface area (Å²) in [4.78, 5) is 30.5. The van der Waals surface area contributed by atoms with Gasteiger partial charge >= 0.3 is 0 Å². The SMILES string of the molecule is CCN(Cc1ccc(N(C)C)cc1)C(=O)c1ccc(CN2CCCC2=O)cc1. The largest absolute Gasteiger partial charge is 0.378 e. The third kappa shape index (κ3) is 4.71. The Labute approximate surface area is 167 Å². The van der Waals surface area contributed by atoms with Gasteiger partial charge in [-0.25, -0.2) is 0 Å². The Kier molecular flexibility index (Phi) is 6.34. The molecule has 1 saturated heterocycles. The van der Waals surface area contributed by atoms with E-state index in [9.17, 15) is 9.59 Å². The molecule has 5 nitrogen and oxygen atoms in total. The maximum absolute atomic E-state index is 12.9. The molecule has 148 valence electrons. The first-order valence-electron chi connectivity index (χ1n) is 9.90. The molecule has 0 aliphatic carbocycles. The molecule has 3 rings (SSSR count). The van der Waals surface area contributed by atoms with Crippen molar-refractivity contribution in [3.05, 3.63) is 65.2 Å². The number of carbonyl (C=O) groups is 2. The van der Waals surface area contributed by atoms with E-state index in [1.807, 2.05) is 55.1 Å². The van der Waals surface area contributed by atoms with Crippen LogP contribution in [-0.2, 0) is 17.9 Å². The smallest absolute Gasteiger partial charge is 0.254 e. The van der Waals surface area contributed by atoms with Crippen molar-refractivity contribution in [3.63, 3.8) is 0 Å². The number of likely N-dealkylation sites (tertiary alicyclic amines) is 1. The Morgan fingerprint density at radius 2 is 1.64 bits per heavy atom. The maximum Gasteiger partial charge on any atom is 0.254 e. The summed E-state index contributed by atoms with van der Waals surface area (Å²) in [6.07, 6.45) is 1.59. The van der Waals surface area contributed by atoms with Crippen LogP contribution in [0, 0.1) is 0 Å². The summed E-state index contributed by atoms with van der Waals surface area (Å²) >= 11 is 0. The van der Waals surface area contributed by atoms with E-state index in [0.717, 1.165) is 29.8 Å². The van der Waals surface area contributed by atoms with Crippen molar-refractivity contribution in [2.75, 3.05) is 32.1 Å². The first-order chi connectivity index (χ1) is 13.5. The van der Waals surface area contributed by atoms with E-state index < -0.39 is 0 Å². The van der Waals surface area contributed by atoms with E-state index in [0.29, 0.717) is 31.6 Å². The summed E-state index contributed by atoms with van der Waals surface area (Å²) in [7, 11) is 4.03. The molecule has 28 heavy (non-hydrogen) atoms. The van der Waals surface area contributed by atoms with Crippen LogP contribution in [0.5, 0.6) is 0 Å². The predicted molar refractivity (Wildman–Crippen MR) is 112 cm³/mol. The molecule has 0 N–H and O–H groups in total. The van der Waals surface area contributed by atoms with Gasteiger partial charge in [0.2, 0.25) is 5.91 Å². The third-order valence-electron chi connectivity index (χ3n) is 5.24. The first kappa shape index (κ1) is 19.9. The van der Waals surface area contributed by atoms with Crippen LogP contribution in [-0.4, -0.2) is 48.8 Å².